The monoisotopic (exact) mass is 231 g/mol. The zero-order valence-corrected chi connectivity index (χ0v) is 10.9. The summed E-state index contributed by atoms with van der Waals surface area (Å²) >= 11 is 0. The van der Waals surface area contributed by atoms with E-state index in [2.05, 4.69) is 66.6 Å². The minimum Gasteiger partial charge on any atom is -0.372 e. The van der Waals surface area contributed by atoms with Gasteiger partial charge in [0.15, 0.2) is 0 Å². The number of benzene rings is 1. The van der Waals surface area contributed by atoms with E-state index in [4.69, 9.17) is 0 Å². The number of rotatable bonds is 4. The van der Waals surface area contributed by atoms with E-state index in [1.54, 1.807) is 0 Å². The maximum Gasteiger partial charge on any atom is 0.0735 e. The molecule has 3 nitrogen and oxygen atoms in total. The largest absolute Gasteiger partial charge is 0.372 e. The molecular weight excluding hydrogens is 210 g/mol. The lowest BCUT2D eigenvalue weighted by molar-refractivity contribution is 0.256. The third kappa shape index (κ3) is 2.44. The minimum absolute atomic E-state index is 0.348. The van der Waals surface area contributed by atoms with Gasteiger partial charge in [-0.05, 0) is 37.6 Å². The lowest BCUT2D eigenvalue weighted by atomic mass is 10.1. The highest BCUT2D eigenvalue weighted by Gasteiger charge is 2.17. The lowest BCUT2D eigenvalue weighted by Crippen LogP contribution is -2.27. The number of nitrogens with one attached hydrogen (secondary N) is 1. The topological polar surface area (TPSA) is 18.5 Å². The predicted octanol–water partition coefficient (Wildman–Crippen LogP) is 2.54. The molecule has 1 unspecified atom stereocenters. The number of hydrogen-bond acceptors (Lipinski definition) is 3. The van der Waals surface area contributed by atoms with Gasteiger partial charge in [-0.25, -0.2) is 5.01 Å². The van der Waals surface area contributed by atoms with E-state index in [1.165, 1.54) is 11.3 Å². The Balaban J connectivity index is 2.15. The summed E-state index contributed by atoms with van der Waals surface area (Å²) in [5.74, 6) is 0. The Morgan fingerprint density at radius 1 is 1.18 bits per heavy atom. The molecule has 0 amide bonds. The van der Waals surface area contributed by atoms with Gasteiger partial charge in [0.25, 0.3) is 0 Å². The van der Waals surface area contributed by atoms with Crippen molar-refractivity contribution < 1.29 is 0 Å². The Bertz CT molecular complexity index is 379. The molecule has 3 heteroatoms. The molecule has 1 heterocycles. The van der Waals surface area contributed by atoms with Crippen molar-refractivity contribution in [3.63, 3.8) is 0 Å². The molecule has 0 bridgehead atoms. The van der Waals surface area contributed by atoms with Crippen LogP contribution in [-0.2, 0) is 0 Å². The summed E-state index contributed by atoms with van der Waals surface area (Å²) in [4.78, 5) is 2.36. The third-order valence-electron chi connectivity index (χ3n) is 3.34. The van der Waals surface area contributed by atoms with Gasteiger partial charge in [-0.1, -0.05) is 12.1 Å². The van der Waals surface area contributed by atoms with Gasteiger partial charge in [0.2, 0.25) is 0 Å². The first-order valence-corrected chi connectivity index (χ1v) is 6.26. The summed E-state index contributed by atoms with van der Waals surface area (Å²) in [5, 5.41) is 2.10. The fourth-order valence-electron chi connectivity index (χ4n) is 2.27. The standard InChI is InChI=1S/C14H21N3/c1-4-17(5-2)13-8-6-12(7-9-13)14-10-11-15-16(14)3/h6-11,14-15H,4-5H2,1-3H3. The molecule has 92 valence electrons. The maximum atomic E-state index is 3.17. The summed E-state index contributed by atoms with van der Waals surface area (Å²) in [5.41, 5.74) is 5.80. The molecule has 1 aliphatic heterocycles. The summed E-state index contributed by atoms with van der Waals surface area (Å²) in [6.07, 6.45) is 4.16. The Morgan fingerprint density at radius 3 is 2.29 bits per heavy atom. The van der Waals surface area contributed by atoms with E-state index < -0.39 is 0 Å². The number of hydrazine groups is 1. The Morgan fingerprint density at radius 2 is 1.82 bits per heavy atom. The van der Waals surface area contributed by atoms with Crippen molar-refractivity contribution in [2.75, 3.05) is 25.0 Å². The van der Waals surface area contributed by atoms with Crippen molar-refractivity contribution >= 4 is 5.69 Å². The molecule has 17 heavy (non-hydrogen) atoms. The number of hydrogen-bond donors (Lipinski definition) is 1. The van der Waals surface area contributed by atoms with Crippen molar-refractivity contribution in [2.45, 2.75) is 19.9 Å². The van der Waals surface area contributed by atoms with Gasteiger partial charge >= 0.3 is 0 Å². The zero-order valence-electron chi connectivity index (χ0n) is 10.9. The maximum absolute atomic E-state index is 3.17. The van der Waals surface area contributed by atoms with Crippen molar-refractivity contribution in [3.05, 3.63) is 42.1 Å². The molecule has 0 spiro atoms. The Labute approximate surface area is 104 Å². The fourth-order valence-corrected chi connectivity index (χ4v) is 2.27. The van der Waals surface area contributed by atoms with E-state index in [0.29, 0.717) is 6.04 Å². The van der Waals surface area contributed by atoms with Crippen LogP contribution in [-0.4, -0.2) is 25.1 Å². The van der Waals surface area contributed by atoms with Crippen LogP contribution in [0.25, 0.3) is 0 Å². The molecule has 0 aliphatic carbocycles. The van der Waals surface area contributed by atoms with Crippen LogP contribution in [0.4, 0.5) is 5.69 Å². The highest BCUT2D eigenvalue weighted by molar-refractivity contribution is 5.48. The smallest absolute Gasteiger partial charge is 0.0735 e. The Hall–Kier alpha value is -1.48. The number of anilines is 1. The highest BCUT2D eigenvalue weighted by Crippen LogP contribution is 2.25. The van der Waals surface area contributed by atoms with Crippen LogP contribution in [0.1, 0.15) is 25.5 Å². The second kappa shape index (κ2) is 5.23. The quantitative estimate of drug-likeness (QED) is 0.859. The first-order chi connectivity index (χ1) is 8.26. The van der Waals surface area contributed by atoms with Gasteiger partial charge in [0, 0.05) is 32.0 Å². The molecule has 1 N–H and O–H groups in total. The lowest BCUT2D eigenvalue weighted by Gasteiger charge is -2.23. The Kier molecular flexibility index (Phi) is 3.69. The predicted molar refractivity (Wildman–Crippen MR) is 72.8 cm³/mol. The van der Waals surface area contributed by atoms with Gasteiger partial charge in [-0.3, -0.25) is 0 Å². The second-order valence-electron chi connectivity index (χ2n) is 4.31. The molecule has 0 radical (unpaired) electrons. The molecule has 1 aromatic rings. The summed E-state index contributed by atoms with van der Waals surface area (Å²) < 4.78 is 0. The molecule has 1 aromatic carbocycles. The van der Waals surface area contributed by atoms with Crippen LogP contribution < -0.4 is 10.3 Å². The molecule has 0 saturated heterocycles. The van der Waals surface area contributed by atoms with E-state index in [9.17, 15) is 0 Å². The zero-order chi connectivity index (χ0) is 12.3. The van der Waals surface area contributed by atoms with E-state index in [0.717, 1.165) is 13.1 Å². The van der Waals surface area contributed by atoms with E-state index >= 15 is 0 Å². The average Bonchev–Trinajstić information content (AvgIpc) is 2.78. The van der Waals surface area contributed by atoms with Crippen LogP contribution in [0.3, 0.4) is 0 Å². The molecule has 0 aromatic heterocycles. The molecule has 1 aliphatic rings. The van der Waals surface area contributed by atoms with Crippen LogP contribution >= 0.6 is 0 Å². The molecule has 0 fully saturated rings. The van der Waals surface area contributed by atoms with Gasteiger partial charge in [0.05, 0.1) is 6.04 Å². The summed E-state index contributed by atoms with van der Waals surface area (Å²) in [7, 11) is 2.06. The van der Waals surface area contributed by atoms with Gasteiger partial charge < -0.3 is 10.3 Å². The van der Waals surface area contributed by atoms with Crippen LogP contribution in [0, 0.1) is 0 Å². The SMILES string of the molecule is CCN(CC)c1ccc(C2C=CNN2C)cc1. The summed E-state index contributed by atoms with van der Waals surface area (Å²) in [6.45, 7) is 6.49. The minimum atomic E-state index is 0.348. The van der Waals surface area contributed by atoms with Gasteiger partial charge in [0.1, 0.15) is 0 Å². The van der Waals surface area contributed by atoms with Crippen LogP contribution in [0.15, 0.2) is 36.5 Å². The number of nitrogens with zero attached hydrogens (tertiary/aromatic N) is 2. The molecule has 1 atom stereocenters. The molecule has 2 rings (SSSR count). The van der Waals surface area contributed by atoms with E-state index in [-0.39, 0.29) is 0 Å². The first kappa shape index (κ1) is 12.0. The van der Waals surface area contributed by atoms with E-state index in [1.807, 2.05) is 6.20 Å². The first-order valence-electron chi connectivity index (χ1n) is 6.26. The second-order valence-corrected chi connectivity index (χ2v) is 4.31. The van der Waals surface area contributed by atoms with Crippen molar-refractivity contribution in [1.29, 1.82) is 0 Å². The highest BCUT2D eigenvalue weighted by atomic mass is 15.5. The van der Waals surface area contributed by atoms with Crippen molar-refractivity contribution in [2.24, 2.45) is 0 Å². The number of likely N-dealkylation sites (N-methyl/N-ethyl adjacent to an activating group) is 1. The third-order valence-corrected chi connectivity index (χ3v) is 3.34. The van der Waals surface area contributed by atoms with Crippen molar-refractivity contribution in [1.82, 2.24) is 10.4 Å². The average molecular weight is 231 g/mol. The normalized spacial score (nSPS) is 19.4. The van der Waals surface area contributed by atoms with Crippen LogP contribution in [0.5, 0.6) is 0 Å². The van der Waals surface area contributed by atoms with Crippen molar-refractivity contribution in [3.8, 4) is 0 Å². The summed E-state index contributed by atoms with van der Waals surface area (Å²) in [6, 6.07) is 9.20. The van der Waals surface area contributed by atoms with Gasteiger partial charge in [-0.15, -0.1) is 0 Å². The van der Waals surface area contributed by atoms with Gasteiger partial charge in [-0.2, -0.15) is 0 Å². The van der Waals surface area contributed by atoms with Crippen LogP contribution in [0.2, 0.25) is 0 Å². The molecular formula is C14H21N3. The fraction of sp³-hybridized carbons (Fsp3) is 0.429. The molecule has 0 saturated carbocycles.